The first-order valence-corrected chi connectivity index (χ1v) is 13.9. The molecule has 0 aromatic rings. The molecule has 0 N–H and O–H groups in total. The van der Waals surface area contributed by atoms with Crippen LogP contribution in [0.2, 0.25) is 0 Å². The summed E-state index contributed by atoms with van der Waals surface area (Å²) in [4.78, 5) is 0. The average molecular weight is 457 g/mol. The van der Waals surface area contributed by atoms with Gasteiger partial charge in [-0.25, -0.2) is 0 Å². The van der Waals surface area contributed by atoms with Gasteiger partial charge in [-0.3, -0.25) is 0 Å². The molecule has 0 saturated heterocycles. The normalized spacial score (nSPS) is 11.8. The Morgan fingerprint density at radius 1 is 0.594 bits per heavy atom. The molecule has 0 aliphatic heterocycles. The molecule has 0 rings (SSSR count). The summed E-state index contributed by atoms with van der Waals surface area (Å²) >= 11 is 0. The van der Waals surface area contributed by atoms with Gasteiger partial charge in [-0.15, -0.1) is 0 Å². The summed E-state index contributed by atoms with van der Waals surface area (Å²) in [5.74, 6) is 0. The van der Waals surface area contributed by atoms with E-state index in [1.54, 1.807) is 6.26 Å². The van der Waals surface area contributed by atoms with Crippen molar-refractivity contribution >= 4 is 0 Å². The molecule has 0 atom stereocenters. The van der Waals surface area contributed by atoms with Crippen molar-refractivity contribution in [3.05, 3.63) is 12.3 Å². The second-order valence-electron chi connectivity index (χ2n) is 8.85. The van der Waals surface area contributed by atoms with Crippen LogP contribution in [0, 0.1) is 0 Å². The van der Waals surface area contributed by atoms with E-state index >= 15 is 0 Å². The minimum atomic E-state index is -0.0966. The Hall–Kier alpha value is -0.580. The van der Waals surface area contributed by atoms with Crippen LogP contribution in [0.5, 0.6) is 0 Å². The van der Waals surface area contributed by atoms with Crippen molar-refractivity contribution in [3.8, 4) is 0 Å². The summed E-state index contributed by atoms with van der Waals surface area (Å²) in [7, 11) is 0. The van der Waals surface area contributed by atoms with Gasteiger partial charge in [-0.2, -0.15) is 0 Å². The van der Waals surface area contributed by atoms with E-state index in [1.807, 2.05) is 13.0 Å². The summed E-state index contributed by atoms with van der Waals surface area (Å²) in [6.45, 7) is 9.12. The molecule has 32 heavy (non-hydrogen) atoms. The molecule has 0 fully saturated rings. The SMILES string of the molecule is CCCCCCCCCCOC(CCC=COCOCC)OCCCCCCCCCC. The van der Waals surface area contributed by atoms with Crippen LogP contribution in [-0.4, -0.2) is 32.9 Å². The van der Waals surface area contributed by atoms with Gasteiger partial charge in [0.15, 0.2) is 13.1 Å². The number of ether oxygens (including phenoxy) is 4. The van der Waals surface area contributed by atoms with E-state index in [1.165, 1.54) is 89.9 Å². The van der Waals surface area contributed by atoms with Gasteiger partial charge in [0.25, 0.3) is 0 Å². The lowest BCUT2D eigenvalue weighted by molar-refractivity contribution is -0.146. The third-order valence-electron chi connectivity index (χ3n) is 5.72. The van der Waals surface area contributed by atoms with Gasteiger partial charge in [-0.05, 0) is 32.3 Å². The lowest BCUT2D eigenvalue weighted by Crippen LogP contribution is -2.18. The molecule has 0 aromatic carbocycles. The van der Waals surface area contributed by atoms with Gasteiger partial charge in [0.05, 0.1) is 6.26 Å². The molecule has 192 valence electrons. The van der Waals surface area contributed by atoms with E-state index < -0.39 is 0 Å². The Morgan fingerprint density at radius 2 is 1.06 bits per heavy atom. The molecule has 0 radical (unpaired) electrons. The molecular weight excluding hydrogens is 400 g/mol. The van der Waals surface area contributed by atoms with Crippen molar-refractivity contribution in [1.82, 2.24) is 0 Å². The Balaban J connectivity index is 3.89. The Kier molecular flexibility index (Phi) is 27.9. The third-order valence-corrected chi connectivity index (χ3v) is 5.72. The molecule has 0 aliphatic carbocycles. The Labute approximate surface area is 200 Å². The largest absolute Gasteiger partial charge is 0.475 e. The number of allylic oxidation sites excluding steroid dienone is 1. The fourth-order valence-electron chi connectivity index (χ4n) is 3.66. The van der Waals surface area contributed by atoms with E-state index in [2.05, 4.69) is 13.8 Å². The summed E-state index contributed by atoms with van der Waals surface area (Å²) in [5.41, 5.74) is 0. The zero-order valence-electron chi connectivity index (χ0n) is 21.9. The van der Waals surface area contributed by atoms with Crippen LogP contribution in [0.1, 0.15) is 136 Å². The molecule has 0 aromatic heterocycles. The molecule has 0 bridgehead atoms. The van der Waals surface area contributed by atoms with E-state index in [0.29, 0.717) is 13.4 Å². The van der Waals surface area contributed by atoms with E-state index in [9.17, 15) is 0 Å². The van der Waals surface area contributed by atoms with Gasteiger partial charge < -0.3 is 18.9 Å². The number of unbranched alkanes of at least 4 members (excludes halogenated alkanes) is 14. The first kappa shape index (κ1) is 31.4. The summed E-state index contributed by atoms with van der Waals surface area (Å²) in [6.07, 6.45) is 26.6. The maximum Gasteiger partial charge on any atom is 0.188 e. The summed E-state index contributed by atoms with van der Waals surface area (Å²) < 4.78 is 22.6. The topological polar surface area (TPSA) is 36.9 Å². The highest BCUT2D eigenvalue weighted by atomic mass is 16.7. The summed E-state index contributed by atoms with van der Waals surface area (Å²) in [6, 6.07) is 0. The molecule has 0 unspecified atom stereocenters. The predicted molar refractivity (Wildman–Crippen MR) is 137 cm³/mol. The smallest absolute Gasteiger partial charge is 0.188 e. The first-order valence-electron chi connectivity index (χ1n) is 13.9. The summed E-state index contributed by atoms with van der Waals surface area (Å²) in [5, 5.41) is 0. The second-order valence-corrected chi connectivity index (χ2v) is 8.85. The zero-order valence-corrected chi connectivity index (χ0v) is 21.9. The molecule has 0 spiro atoms. The minimum Gasteiger partial charge on any atom is -0.475 e. The van der Waals surface area contributed by atoms with E-state index in [4.69, 9.17) is 18.9 Å². The molecule has 4 heteroatoms. The predicted octanol–water partition coefficient (Wildman–Crippen LogP) is 8.93. The van der Waals surface area contributed by atoms with Crippen LogP contribution in [0.3, 0.4) is 0 Å². The van der Waals surface area contributed by atoms with Crippen LogP contribution in [-0.2, 0) is 18.9 Å². The number of rotatable bonds is 27. The van der Waals surface area contributed by atoms with Gasteiger partial charge >= 0.3 is 0 Å². The van der Waals surface area contributed by atoms with Crippen molar-refractivity contribution in [3.63, 3.8) is 0 Å². The van der Waals surface area contributed by atoms with Crippen LogP contribution in [0.25, 0.3) is 0 Å². The molecule has 0 saturated carbocycles. The molecular formula is C28H56O4. The van der Waals surface area contributed by atoms with Gasteiger partial charge in [0.2, 0.25) is 0 Å². The van der Waals surface area contributed by atoms with Crippen LogP contribution < -0.4 is 0 Å². The van der Waals surface area contributed by atoms with Crippen LogP contribution >= 0.6 is 0 Å². The lowest BCUT2D eigenvalue weighted by atomic mass is 10.1. The van der Waals surface area contributed by atoms with Crippen molar-refractivity contribution < 1.29 is 18.9 Å². The van der Waals surface area contributed by atoms with Crippen molar-refractivity contribution in [2.45, 2.75) is 143 Å². The fraction of sp³-hybridized carbons (Fsp3) is 0.929. The van der Waals surface area contributed by atoms with Gasteiger partial charge in [0, 0.05) is 26.2 Å². The maximum atomic E-state index is 6.08. The van der Waals surface area contributed by atoms with Crippen molar-refractivity contribution in [2.75, 3.05) is 26.6 Å². The Morgan fingerprint density at radius 3 is 1.53 bits per heavy atom. The van der Waals surface area contributed by atoms with E-state index in [0.717, 1.165) is 38.9 Å². The standard InChI is InChI=1S/C28H56O4/c1-4-7-9-11-13-15-17-20-25-31-28(23-19-22-24-30-27-29-6-3)32-26-21-18-16-14-12-10-8-5-2/h22,24,28H,4-21,23,25-27H2,1-3H3. The second kappa shape index (κ2) is 28.5. The van der Waals surface area contributed by atoms with Crippen LogP contribution in [0.4, 0.5) is 0 Å². The maximum absolute atomic E-state index is 6.08. The van der Waals surface area contributed by atoms with Crippen molar-refractivity contribution in [2.24, 2.45) is 0 Å². The van der Waals surface area contributed by atoms with Gasteiger partial charge in [0.1, 0.15) is 0 Å². The highest BCUT2D eigenvalue weighted by Gasteiger charge is 2.08. The highest BCUT2D eigenvalue weighted by molar-refractivity contribution is 4.73. The molecule has 0 heterocycles. The molecule has 4 nitrogen and oxygen atoms in total. The molecule has 0 amide bonds. The fourth-order valence-corrected chi connectivity index (χ4v) is 3.66. The number of hydrogen-bond acceptors (Lipinski definition) is 4. The molecule has 0 aliphatic rings. The van der Waals surface area contributed by atoms with Crippen molar-refractivity contribution in [1.29, 1.82) is 0 Å². The average Bonchev–Trinajstić information content (AvgIpc) is 2.80. The van der Waals surface area contributed by atoms with Gasteiger partial charge in [-0.1, -0.05) is 104 Å². The third kappa shape index (κ3) is 25.7. The monoisotopic (exact) mass is 456 g/mol. The van der Waals surface area contributed by atoms with Crippen LogP contribution in [0.15, 0.2) is 12.3 Å². The minimum absolute atomic E-state index is 0.0966. The quantitative estimate of drug-likeness (QED) is 0.0702. The Bertz CT molecular complexity index is 337. The zero-order chi connectivity index (χ0) is 23.4. The first-order chi connectivity index (χ1) is 15.8. The highest BCUT2D eigenvalue weighted by Crippen LogP contribution is 2.12. The number of hydrogen-bond donors (Lipinski definition) is 0. The lowest BCUT2D eigenvalue weighted by Gasteiger charge is -2.18. The van der Waals surface area contributed by atoms with E-state index in [-0.39, 0.29) is 6.29 Å².